The number of allylic oxidation sites excluding steroid dienone is 10. The summed E-state index contributed by atoms with van der Waals surface area (Å²) in [4.78, 5) is 51.1. The topological polar surface area (TPSA) is 175 Å². The highest BCUT2D eigenvalue weighted by atomic mass is 16.7. The quantitative estimate of drug-likeness (QED) is 0.0228. The molecule has 6 atom stereocenters. The van der Waals surface area contributed by atoms with Gasteiger partial charge in [-0.2, -0.15) is 0 Å². The highest BCUT2D eigenvalue weighted by Crippen LogP contribution is 2.26. The van der Waals surface area contributed by atoms with Gasteiger partial charge in [-0.05, 0) is 103 Å². The Balaban J connectivity index is 2.67. The van der Waals surface area contributed by atoms with Gasteiger partial charge in [0.05, 0.1) is 6.61 Å². The van der Waals surface area contributed by atoms with Crippen molar-refractivity contribution in [2.75, 3.05) is 13.2 Å². The molecule has 1 fully saturated rings. The molecular weight excluding hydrogens is 949 g/mol. The van der Waals surface area contributed by atoms with Gasteiger partial charge in [-0.3, -0.25) is 14.4 Å². The van der Waals surface area contributed by atoms with Gasteiger partial charge in [0.15, 0.2) is 24.6 Å². The van der Waals surface area contributed by atoms with Crippen LogP contribution in [0.15, 0.2) is 60.8 Å². The molecule has 0 radical (unpaired) electrons. The maximum Gasteiger partial charge on any atom is 0.335 e. The SMILES string of the molecule is CCCC/C=C\CCCCCCCC(=O)OC1C(OCC(COC(=O)CCCCCCCCCCC/C=C\C/C=C\CCCCC)OC(=O)CCCCCCC/C=C\C/C=C\CCCCC)OC(C(=O)O)C(O)C1O. The largest absolute Gasteiger partial charge is 0.479 e. The zero-order chi connectivity index (χ0) is 54.7. The highest BCUT2D eigenvalue weighted by Gasteiger charge is 2.50. The normalized spacial score (nSPS) is 18.5. The molecule has 0 bridgehead atoms. The molecule has 0 spiro atoms. The van der Waals surface area contributed by atoms with Crippen LogP contribution in [-0.4, -0.2) is 89.2 Å². The fourth-order valence-corrected chi connectivity index (χ4v) is 8.82. The molecule has 3 N–H and O–H groups in total. The molecule has 1 saturated heterocycles. The molecule has 0 aromatic rings. The molecule has 1 heterocycles. The lowest BCUT2D eigenvalue weighted by atomic mass is 9.98. The van der Waals surface area contributed by atoms with E-state index in [1.165, 1.54) is 89.9 Å². The summed E-state index contributed by atoms with van der Waals surface area (Å²) >= 11 is 0. The Labute approximate surface area is 456 Å². The van der Waals surface area contributed by atoms with E-state index >= 15 is 0 Å². The molecule has 1 aliphatic rings. The third-order valence-corrected chi connectivity index (χ3v) is 13.5. The van der Waals surface area contributed by atoms with Crippen molar-refractivity contribution < 1.29 is 58.2 Å². The predicted molar refractivity (Wildman–Crippen MR) is 303 cm³/mol. The van der Waals surface area contributed by atoms with Gasteiger partial charge in [-0.1, -0.05) is 204 Å². The fourth-order valence-electron chi connectivity index (χ4n) is 8.82. The van der Waals surface area contributed by atoms with Crippen molar-refractivity contribution in [3.63, 3.8) is 0 Å². The van der Waals surface area contributed by atoms with E-state index in [2.05, 4.69) is 81.5 Å². The number of hydrogen-bond donors (Lipinski definition) is 3. The van der Waals surface area contributed by atoms with Gasteiger partial charge >= 0.3 is 23.9 Å². The summed E-state index contributed by atoms with van der Waals surface area (Å²) in [6.45, 7) is 5.89. The summed E-state index contributed by atoms with van der Waals surface area (Å²) in [7, 11) is 0. The Morgan fingerprint density at radius 3 is 1.25 bits per heavy atom. The number of carbonyl (C=O) groups excluding carboxylic acids is 3. The van der Waals surface area contributed by atoms with Crippen LogP contribution in [0.2, 0.25) is 0 Å². The number of hydrogen-bond acceptors (Lipinski definition) is 11. The minimum absolute atomic E-state index is 0.0475. The number of rotatable bonds is 51. The van der Waals surface area contributed by atoms with Crippen LogP contribution >= 0.6 is 0 Å². The van der Waals surface area contributed by atoms with Gasteiger partial charge in [-0.25, -0.2) is 4.79 Å². The van der Waals surface area contributed by atoms with E-state index in [0.29, 0.717) is 19.3 Å². The number of aliphatic carboxylic acids is 1. The van der Waals surface area contributed by atoms with Crippen molar-refractivity contribution in [1.29, 1.82) is 0 Å². The Hall–Kier alpha value is -3.58. The van der Waals surface area contributed by atoms with Gasteiger partial charge in [0, 0.05) is 19.3 Å². The van der Waals surface area contributed by atoms with Crippen LogP contribution in [0.1, 0.15) is 265 Å². The van der Waals surface area contributed by atoms with Crippen LogP contribution in [-0.2, 0) is 42.9 Å². The van der Waals surface area contributed by atoms with E-state index in [1.807, 2.05) is 0 Å². The minimum atomic E-state index is -1.91. The first-order chi connectivity index (χ1) is 36.6. The molecule has 75 heavy (non-hydrogen) atoms. The van der Waals surface area contributed by atoms with Crippen LogP contribution in [0.25, 0.3) is 0 Å². The number of unbranched alkanes of at least 4 members (excludes halogenated alkanes) is 27. The molecule has 6 unspecified atom stereocenters. The van der Waals surface area contributed by atoms with Gasteiger partial charge in [0.2, 0.25) is 0 Å². The predicted octanol–water partition coefficient (Wildman–Crippen LogP) is 15.6. The number of ether oxygens (including phenoxy) is 5. The van der Waals surface area contributed by atoms with Crippen LogP contribution < -0.4 is 0 Å². The fraction of sp³-hybridized carbons (Fsp3) is 0.778. The van der Waals surface area contributed by atoms with Crippen molar-refractivity contribution in [2.24, 2.45) is 0 Å². The smallest absolute Gasteiger partial charge is 0.335 e. The number of aliphatic hydroxyl groups excluding tert-OH is 2. The first-order valence-electron chi connectivity index (χ1n) is 30.3. The second-order valence-corrected chi connectivity index (χ2v) is 20.6. The van der Waals surface area contributed by atoms with E-state index in [1.54, 1.807) is 0 Å². The Bertz CT molecular complexity index is 1540. The maximum absolute atomic E-state index is 13.1. The lowest BCUT2D eigenvalue weighted by Gasteiger charge is -2.40. The van der Waals surface area contributed by atoms with Crippen molar-refractivity contribution in [3.8, 4) is 0 Å². The summed E-state index contributed by atoms with van der Waals surface area (Å²) in [5, 5.41) is 31.4. The molecule has 1 rings (SSSR count). The van der Waals surface area contributed by atoms with Gasteiger partial charge < -0.3 is 39.0 Å². The van der Waals surface area contributed by atoms with E-state index in [9.17, 15) is 34.5 Å². The molecule has 0 saturated carbocycles. The molecule has 0 aromatic carbocycles. The summed E-state index contributed by atoms with van der Waals surface area (Å²) in [5.41, 5.74) is 0. The molecule has 12 heteroatoms. The van der Waals surface area contributed by atoms with Gasteiger partial charge in [0.1, 0.15) is 18.8 Å². The number of esters is 3. The summed E-state index contributed by atoms with van der Waals surface area (Å²) in [5.74, 6) is -3.15. The van der Waals surface area contributed by atoms with Crippen molar-refractivity contribution >= 4 is 23.9 Å². The summed E-state index contributed by atoms with van der Waals surface area (Å²) in [6.07, 6.45) is 50.5. The van der Waals surface area contributed by atoms with E-state index < -0.39 is 67.3 Å². The van der Waals surface area contributed by atoms with E-state index in [-0.39, 0.29) is 25.9 Å². The lowest BCUT2D eigenvalue weighted by Crippen LogP contribution is -2.61. The molecule has 1 aliphatic heterocycles. The summed E-state index contributed by atoms with van der Waals surface area (Å²) < 4.78 is 28.4. The average Bonchev–Trinajstić information content (AvgIpc) is 3.39. The van der Waals surface area contributed by atoms with Crippen molar-refractivity contribution in [3.05, 3.63) is 60.8 Å². The second-order valence-electron chi connectivity index (χ2n) is 20.6. The first-order valence-corrected chi connectivity index (χ1v) is 30.3. The number of aliphatic hydroxyl groups is 2. The van der Waals surface area contributed by atoms with Gasteiger partial charge in [0.25, 0.3) is 0 Å². The Morgan fingerprint density at radius 1 is 0.440 bits per heavy atom. The maximum atomic E-state index is 13.1. The summed E-state index contributed by atoms with van der Waals surface area (Å²) in [6, 6.07) is 0. The first kappa shape index (κ1) is 69.4. The van der Waals surface area contributed by atoms with Gasteiger partial charge in [-0.15, -0.1) is 0 Å². The molecule has 0 amide bonds. The molecule has 432 valence electrons. The number of carbonyl (C=O) groups is 4. The monoisotopic (exact) mass is 1060 g/mol. The minimum Gasteiger partial charge on any atom is -0.479 e. The third kappa shape index (κ3) is 41.2. The van der Waals surface area contributed by atoms with E-state index in [4.69, 9.17) is 23.7 Å². The zero-order valence-corrected chi connectivity index (χ0v) is 47.5. The Morgan fingerprint density at radius 2 is 0.813 bits per heavy atom. The van der Waals surface area contributed by atoms with Crippen LogP contribution in [0, 0.1) is 0 Å². The molecular formula is C63H108O12. The van der Waals surface area contributed by atoms with Crippen LogP contribution in [0.3, 0.4) is 0 Å². The Kier molecular flexibility index (Phi) is 47.4. The molecule has 0 aromatic heterocycles. The van der Waals surface area contributed by atoms with Crippen molar-refractivity contribution in [1.82, 2.24) is 0 Å². The standard InChI is InChI=1S/C63H108O12/c1-4-7-10-13-16-19-22-24-26-27-28-29-31-32-35-37-40-43-46-49-55(64)71-52-54(73-56(65)50-47-44-41-39-36-33-30-25-23-20-17-14-11-8-5-2)53-72-63-61(59(68)58(67)60(75-63)62(69)70)74-57(66)51-48-45-42-38-34-21-18-15-12-9-6-3/h15-20,24-26,30,54,58-61,63,67-68H,4-14,21-23,27-29,31-53H2,1-3H3,(H,69,70)/b18-15-,19-16-,20-17-,26-24-,30-25-. The highest BCUT2D eigenvalue weighted by molar-refractivity contribution is 5.74. The van der Waals surface area contributed by atoms with Crippen LogP contribution in [0.5, 0.6) is 0 Å². The molecule has 0 aliphatic carbocycles. The third-order valence-electron chi connectivity index (χ3n) is 13.5. The molecule has 12 nitrogen and oxygen atoms in total. The second kappa shape index (κ2) is 51.2. The lowest BCUT2D eigenvalue weighted by molar-refractivity contribution is -0.301. The van der Waals surface area contributed by atoms with Crippen molar-refractivity contribution in [2.45, 2.75) is 302 Å². The van der Waals surface area contributed by atoms with Crippen LogP contribution in [0.4, 0.5) is 0 Å². The zero-order valence-electron chi connectivity index (χ0n) is 47.5. The number of carboxylic acids is 1. The average molecular weight is 1060 g/mol. The van der Waals surface area contributed by atoms with E-state index in [0.717, 1.165) is 116 Å². The number of carboxylic acid groups (broad SMARTS) is 1.